The van der Waals surface area contributed by atoms with E-state index in [0.29, 0.717) is 0 Å². The molecule has 1 aromatic heterocycles. The zero-order valence-electron chi connectivity index (χ0n) is 13.6. The van der Waals surface area contributed by atoms with Gasteiger partial charge in [-0.3, -0.25) is 9.78 Å². The fraction of sp³-hybridized carbons (Fsp3) is 0.444. The lowest BCUT2D eigenvalue weighted by molar-refractivity contribution is 0.0968. The van der Waals surface area contributed by atoms with Crippen LogP contribution < -0.4 is 5.32 Å². The van der Waals surface area contributed by atoms with Crippen LogP contribution in [-0.4, -0.2) is 42.9 Å². The van der Waals surface area contributed by atoms with Crippen LogP contribution in [0, 0.1) is 5.92 Å². The van der Waals surface area contributed by atoms with Gasteiger partial charge in [-0.25, -0.2) is 0 Å². The number of carbonyl (C=O) groups is 1. The van der Waals surface area contributed by atoms with E-state index in [4.69, 9.17) is 0 Å². The molecule has 23 heavy (non-hydrogen) atoms. The molecule has 1 heterocycles. The Bertz CT molecular complexity index is 726. The van der Waals surface area contributed by atoms with Crippen LogP contribution >= 0.6 is 15.9 Å². The van der Waals surface area contributed by atoms with Crippen LogP contribution in [0.5, 0.6) is 0 Å². The summed E-state index contributed by atoms with van der Waals surface area (Å²) in [5.41, 5.74) is 2.59. The second-order valence-corrected chi connectivity index (χ2v) is 7.35. The Kier molecular flexibility index (Phi) is 4.97. The predicted octanol–water partition coefficient (Wildman–Crippen LogP) is 3.95. The molecule has 3 rings (SSSR count). The SMILES string of the molecule is CN(C)CCCNc1c(C(=O)C2CC2)cnc2ccc(Br)cc12. The number of hydrogen-bond acceptors (Lipinski definition) is 4. The molecule has 0 unspecified atom stereocenters. The number of carbonyl (C=O) groups excluding carboxylic acids is 1. The zero-order valence-corrected chi connectivity index (χ0v) is 15.2. The highest BCUT2D eigenvalue weighted by Gasteiger charge is 2.32. The van der Waals surface area contributed by atoms with Gasteiger partial charge in [0.1, 0.15) is 0 Å². The zero-order chi connectivity index (χ0) is 16.4. The fourth-order valence-electron chi connectivity index (χ4n) is 2.72. The molecule has 122 valence electrons. The third-order valence-corrected chi connectivity index (χ3v) is 4.62. The van der Waals surface area contributed by atoms with E-state index in [2.05, 4.69) is 45.2 Å². The summed E-state index contributed by atoms with van der Waals surface area (Å²) in [4.78, 5) is 19.2. The molecule has 0 amide bonds. The number of pyridine rings is 1. The van der Waals surface area contributed by atoms with Gasteiger partial charge in [-0.15, -0.1) is 0 Å². The van der Waals surface area contributed by atoms with Crippen LogP contribution in [0.2, 0.25) is 0 Å². The van der Waals surface area contributed by atoms with Gasteiger partial charge in [0, 0.05) is 28.5 Å². The van der Waals surface area contributed by atoms with Gasteiger partial charge in [-0.2, -0.15) is 0 Å². The van der Waals surface area contributed by atoms with E-state index in [1.54, 1.807) is 6.20 Å². The van der Waals surface area contributed by atoms with Crippen molar-refractivity contribution in [2.75, 3.05) is 32.5 Å². The highest BCUT2D eigenvalue weighted by molar-refractivity contribution is 9.10. The molecule has 1 N–H and O–H groups in total. The molecule has 0 bridgehead atoms. The summed E-state index contributed by atoms with van der Waals surface area (Å²) < 4.78 is 0.999. The largest absolute Gasteiger partial charge is 0.384 e. The van der Waals surface area contributed by atoms with Crippen LogP contribution in [0.1, 0.15) is 29.6 Å². The normalized spacial score (nSPS) is 14.4. The van der Waals surface area contributed by atoms with Crippen molar-refractivity contribution in [1.29, 1.82) is 0 Å². The fourth-order valence-corrected chi connectivity index (χ4v) is 3.08. The van der Waals surface area contributed by atoms with Gasteiger partial charge >= 0.3 is 0 Å². The van der Waals surface area contributed by atoms with E-state index in [0.717, 1.165) is 59.0 Å². The third kappa shape index (κ3) is 3.90. The molecule has 5 heteroatoms. The van der Waals surface area contributed by atoms with E-state index in [9.17, 15) is 4.79 Å². The summed E-state index contributed by atoms with van der Waals surface area (Å²) in [5.74, 6) is 0.429. The average Bonchev–Trinajstić information content (AvgIpc) is 3.35. The Labute approximate surface area is 145 Å². The summed E-state index contributed by atoms with van der Waals surface area (Å²) in [7, 11) is 4.14. The number of nitrogens with one attached hydrogen (secondary N) is 1. The van der Waals surface area contributed by atoms with Crippen molar-refractivity contribution in [1.82, 2.24) is 9.88 Å². The van der Waals surface area contributed by atoms with E-state index in [-0.39, 0.29) is 11.7 Å². The molecular weight excluding hydrogens is 354 g/mol. The van der Waals surface area contributed by atoms with Crippen LogP contribution in [0.4, 0.5) is 5.69 Å². The first-order chi connectivity index (χ1) is 11.1. The van der Waals surface area contributed by atoms with E-state index >= 15 is 0 Å². The molecule has 0 aliphatic heterocycles. The molecule has 1 saturated carbocycles. The second kappa shape index (κ2) is 6.97. The first-order valence-corrected chi connectivity index (χ1v) is 8.86. The highest BCUT2D eigenvalue weighted by atomic mass is 79.9. The smallest absolute Gasteiger partial charge is 0.169 e. The number of halogens is 1. The Morgan fingerprint density at radius 1 is 1.39 bits per heavy atom. The predicted molar refractivity (Wildman–Crippen MR) is 98.2 cm³/mol. The quantitative estimate of drug-likeness (QED) is 0.587. The topological polar surface area (TPSA) is 45.2 Å². The van der Waals surface area contributed by atoms with Crippen LogP contribution in [0.3, 0.4) is 0 Å². The minimum Gasteiger partial charge on any atom is -0.384 e. The number of fused-ring (bicyclic) bond motifs is 1. The molecule has 0 atom stereocenters. The second-order valence-electron chi connectivity index (χ2n) is 6.43. The van der Waals surface area contributed by atoms with Gasteiger partial charge in [0.05, 0.1) is 16.8 Å². The Hall–Kier alpha value is -1.46. The van der Waals surface area contributed by atoms with Crippen molar-refractivity contribution in [2.45, 2.75) is 19.3 Å². The summed E-state index contributed by atoms with van der Waals surface area (Å²) in [6.07, 6.45) is 4.79. The number of nitrogens with zero attached hydrogens (tertiary/aromatic N) is 2. The molecule has 0 saturated heterocycles. The van der Waals surface area contributed by atoms with E-state index in [1.165, 1.54) is 0 Å². The first-order valence-electron chi connectivity index (χ1n) is 8.07. The van der Waals surface area contributed by atoms with Crippen LogP contribution in [-0.2, 0) is 0 Å². The number of anilines is 1. The van der Waals surface area contributed by atoms with Crippen LogP contribution in [0.25, 0.3) is 10.9 Å². The van der Waals surface area contributed by atoms with Gasteiger partial charge in [-0.05, 0) is 58.1 Å². The lowest BCUT2D eigenvalue weighted by Gasteiger charge is -2.15. The maximum atomic E-state index is 12.6. The Morgan fingerprint density at radius 2 is 2.17 bits per heavy atom. The van der Waals surface area contributed by atoms with Gasteiger partial charge in [-0.1, -0.05) is 15.9 Å². The Morgan fingerprint density at radius 3 is 2.87 bits per heavy atom. The molecule has 0 spiro atoms. The van der Waals surface area contributed by atoms with Crippen molar-refractivity contribution in [3.8, 4) is 0 Å². The molecule has 2 aromatic rings. The molecule has 1 aliphatic carbocycles. The summed E-state index contributed by atoms with van der Waals surface area (Å²) in [6, 6.07) is 6.00. The lowest BCUT2D eigenvalue weighted by atomic mass is 10.0. The molecule has 1 fully saturated rings. The van der Waals surface area contributed by atoms with E-state index < -0.39 is 0 Å². The number of rotatable bonds is 7. The lowest BCUT2D eigenvalue weighted by Crippen LogP contribution is -2.17. The van der Waals surface area contributed by atoms with Gasteiger partial charge in [0.25, 0.3) is 0 Å². The van der Waals surface area contributed by atoms with Crippen molar-refractivity contribution in [3.63, 3.8) is 0 Å². The van der Waals surface area contributed by atoms with Crippen LogP contribution in [0.15, 0.2) is 28.9 Å². The summed E-state index contributed by atoms with van der Waals surface area (Å²) in [5, 5.41) is 4.50. The number of aromatic nitrogens is 1. The maximum absolute atomic E-state index is 12.6. The van der Waals surface area contributed by atoms with Crippen molar-refractivity contribution in [3.05, 3.63) is 34.4 Å². The number of ketones is 1. The molecule has 1 aromatic carbocycles. The minimum atomic E-state index is 0.198. The maximum Gasteiger partial charge on any atom is 0.169 e. The molecule has 1 aliphatic rings. The molecule has 0 radical (unpaired) electrons. The number of benzene rings is 1. The minimum absolute atomic E-state index is 0.198. The third-order valence-electron chi connectivity index (χ3n) is 4.13. The van der Waals surface area contributed by atoms with Gasteiger partial charge in [0.15, 0.2) is 5.78 Å². The van der Waals surface area contributed by atoms with Crippen molar-refractivity contribution < 1.29 is 4.79 Å². The first kappa shape index (κ1) is 16.4. The number of hydrogen-bond donors (Lipinski definition) is 1. The van der Waals surface area contributed by atoms with Crippen molar-refractivity contribution in [2.24, 2.45) is 5.92 Å². The average molecular weight is 376 g/mol. The summed E-state index contributed by atoms with van der Waals surface area (Å²) in [6.45, 7) is 1.86. The summed E-state index contributed by atoms with van der Waals surface area (Å²) >= 11 is 3.52. The van der Waals surface area contributed by atoms with Gasteiger partial charge in [0.2, 0.25) is 0 Å². The monoisotopic (exact) mass is 375 g/mol. The molecular formula is C18H22BrN3O. The number of Topliss-reactive ketones (excluding diaryl/α,β-unsaturated/α-hetero) is 1. The van der Waals surface area contributed by atoms with E-state index in [1.807, 2.05) is 18.2 Å². The van der Waals surface area contributed by atoms with Gasteiger partial charge < -0.3 is 10.2 Å². The Balaban J connectivity index is 1.93. The molecule has 4 nitrogen and oxygen atoms in total. The standard InChI is InChI=1S/C18H22BrN3O/c1-22(2)9-3-8-20-17-14-10-13(19)6-7-16(14)21-11-15(17)18(23)12-4-5-12/h6-7,10-12H,3-5,8-9H2,1-2H3,(H,20,21). The highest BCUT2D eigenvalue weighted by Crippen LogP contribution is 2.37. The van der Waals surface area contributed by atoms with Crippen molar-refractivity contribution >= 4 is 38.3 Å².